The van der Waals surface area contributed by atoms with Crippen LogP contribution in [0.15, 0.2) is 42.5 Å². The van der Waals surface area contributed by atoms with Crippen LogP contribution in [-0.2, 0) is 18.5 Å². The van der Waals surface area contributed by atoms with Gasteiger partial charge in [-0.15, -0.1) is 0 Å². The SMILES string of the molecule is CC1(F)C=CC=CC(c2c(C(F)(F)F)ccc(C(F)(F)F)c2C(F)(F)F)=C1. The molecule has 2 rings (SSSR count). The molecule has 0 aromatic heterocycles. The molecule has 27 heavy (non-hydrogen) atoms. The van der Waals surface area contributed by atoms with Crippen LogP contribution in [0.4, 0.5) is 43.9 Å². The molecule has 1 aliphatic carbocycles. The second-order valence-electron chi connectivity index (χ2n) is 5.87. The first-order valence-electron chi connectivity index (χ1n) is 7.21. The van der Waals surface area contributed by atoms with Crippen molar-refractivity contribution in [3.8, 4) is 0 Å². The van der Waals surface area contributed by atoms with Crippen molar-refractivity contribution in [3.63, 3.8) is 0 Å². The lowest BCUT2D eigenvalue weighted by molar-refractivity contribution is -0.163. The fraction of sp³-hybridized carbons (Fsp3) is 0.294. The van der Waals surface area contributed by atoms with Gasteiger partial charge in [-0.3, -0.25) is 0 Å². The molecule has 0 bridgehead atoms. The maximum absolute atomic E-state index is 14.3. The fourth-order valence-corrected chi connectivity index (χ4v) is 2.63. The topological polar surface area (TPSA) is 0 Å². The molecule has 0 radical (unpaired) electrons. The molecular weight excluding hydrogens is 394 g/mol. The van der Waals surface area contributed by atoms with Gasteiger partial charge < -0.3 is 0 Å². The van der Waals surface area contributed by atoms with Crippen LogP contribution in [0.5, 0.6) is 0 Å². The van der Waals surface area contributed by atoms with E-state index in [0.29, 0.717) is 12.2 Å². The zero-order valence-corrected chi connectivity index (χ0v) is 13.3. The Labute approximate surface area is 146 Å². The number of benzene rings is 1. The summed E-state index contributed by atoms with van der Waals surface area (Å²) < 4.78 is 134. The molecule has 0 aliphatic heterocycles. The third-order valence-electron chi connectivity index (χ3n) is 3.64. The van der Waals surface area contributed by atoms with Gasteiger partial charge in [0.2, 0.25) is 0 Å². The van der Waals surface area contributed by atoms with Crippen molar-refractivity contribution in [1.29, 1.82) is 0 Å². The molecule has 1 aromatic rings. The van der Waals surface area contributed by atoms with Gasteiger partial charge in [0, 0.05) is 5.56 Å². The number of alkyl halides is 10. The van der Waals surface area contributed by atoms with Crippen LogP contribution in [0.25, 0.3) is 5.57 Å². The molecule has 1 aliphatic rings. The van der Waals surface area contributed by atoms with Crippen molar-refractivity contribution in [2.24, 2.45) is 0 Å². The maximum Gasteiger partial charge on any atom is 0.417 e. The van der Waals surface area contributed by atoms with E-state index in [9.17, 15) is 43.9 Å². The van der Waals surface area contributed by atoms with E-state index in [4.69, 9.17) is 0 Å². The summed E-state index contributed by atoms with van der Waals surface area (Å²) in [6, 6.07) is -0.362. The van der Waals surface area contributed by atoms with E-state index < -0.39 is 52.0 Å². The van der Waals surface area contributed by atoms with Gasteiger partial charge in [-0.05, 0) is 36.8 Å². The Balaban J connectivity index is 3.02. The highest BCUT2D eigenvalue weighted by Gasteiger charge is 2.48. The van der Waals surface area contributed by atoms with Gasteiger partial charge in [0.05, 0.1) is 16.7 Å². The van der Waals surface area contributed by atoms with Crippen LogP contribution in [0.3, 0.4) is 0 Å². The molecule has 0 spiro atoms. The van der Waals surface area contributed by atoms with Crippen LogP contribution in [0, 0.1) is 0 Å². The van der Waals surface area contributed by atoms with Crippen LogP contribution < -0.4 is 0 Å². The van der Waals surface area contributed by atoms with Gasteiger partial charge in [-0.1, -0.05) is 18.2 Å². The molecular formula is C17H10F10. The van der Waals surface area contributed by atoms with E-state index in [1.54, 1.807) is 0 Å². The Morgan fingerprint density at radius 2 is 1.26 bits per heavy atom. The number of rotatable bonds is 1. The third-order valence-corrected chi connectivity index (χ3v) is 3.64. The van der Waals surface area contributed by atoms with Crippen molar-refractivity contribution in [3.05, 3.63) is 64.8 Å². The van der Waals surface area contributed by atoms with Crippen LogP contribution in [-0.4, -0.2) is 5.67 Å². The van der Waals surface area contributed by atoms with Crippen LogP contribution in [0.1, 0.15) is 29.2 Å². The summed E-state index contributed by atoms with van der Waals surface area (Å²) in [5.41, 5.74) is -12.0. The molecule has 1 unspecified atom stereocenters. The second-order valence-corrected chi connectivity index (χ2v) is 5.87. The summed E-state index contributed by atoms with van der Waals surface area (Å²) in [7, 11) is 0. The lowest BCUT2D eigenvalue weighted by atomic mass is 9.88. The van der Waals surface area contributed by atoms with Crippen molar-refractivity contribution >= 4 is 5.57 Å². The summed E-state index contributed by atoms with van der Waals surface area (Å²) in [4.78, 5) is 0. The lowest BCUT2D eigenvalue weighted by Crippen LogP contribution is -2.23. The first kappa shape index (κ1) is 21.0. The predicted molar refractivity (Wildman–Crippen MR) is 77.2 cm³/mol. The first-order valence-corrected chi connectivity index (χ1v) is 7.21. The minimum atomic E-state index is -5.78. The zero-order chi connectivity index (χ0) is 20.8. The van der Waals surface area contributed by atoms with E-state index >= 15 is 0 Å². The maximum atomic E-state index is 14.3. The molecule has 1 aromatic carbocycles. The Bertz CT molecular complexity index is 814. The fourth-order valence-electron chi connectivity index (χ4n) is 2.63. The van der Waals surface area contributed by atoms with Crippen LogP contribution in [0.2, 0.25) is 0 Å². The quantitative estimate of drug-likeness (QED) is 0.443. The van der Waals surface area contributed by atoms with E-state index in [2.05, 4.69) is 0 Å². The average molecular weight is 404 g/mol. The Kier molecular flexibility index (Phi) is 5.00. The van der Waals surface area contributed by atoms with Crippen molar-refractivity contribution < 1.29 is 43.9 Å². The molecule has 0 saturated carbocycles. The number of allylic oxidation sites excluding steroid dienone is 6. The molecule has 10 heteroatoms. The van der Waals surface area contributed by atoms with Gasteiger partial charge in [-0.25, -0.2) is 4.39 Å². The van der Waals surface area contributed by atoms with Crippen molar-refractivity contribution in [2.75, 3.05) is 0 Å². The number of hydrogen-bond donors (Lipinski definition) is 0. The third kappa shape index (κ3) is 4.54. The van der Waals surface area contributed by atoms with E-state index in [1.165, 1.54) is 0 Å². The molecule has 0 saturated heterocycles. The summed E-state index contributed by atoms with van der Waals surface area (Å²) in [5.74, 6) is 0. The highest BCUT2D eigenvalue weighted by molar-refractivity contribution is 5.81. The van der Waals surface area contributed by atoms with E-state index in [-0.39, 0.29) is 12.1 Å². The number of halogens is 10. The van der Waals surface area contributed by atoms with Gasteiger partial charge in [-0.2, -0.15) is 39.5 Å². The molecule has 0 fully saturated rings. The first-order chi connectivity index (χ1) is 12.0. The second kappa shape index (κ2) is 6.42. The van der Waals surface area contributed by atoms with Crippen molar-refractivity contribution in [1.82, 2.24) is 0 Å². The van der Waals surface area contributed by atoms with E-state index in [1.807, 2.05) is 0 Å². The Hall–Kier alpha value is -2.26. The summed E-state index contributed by atoms with van der Waals surface area (Å²) in [6.45, 7) is 0.838. The highest BCUT2D eigenvalue weighted by atomic mass is 19.4. The average Bonchev–Trinajstić information content (AvgIpc) is 2.63. The van der Waals surface area contributed by atoms with Gasteiger partial charge in [0.1, 0.15) is 5.67 Å². The smallest absolute Gasteiger partial charge is 0.235 e. The predicted octanol–water partition coefficient (Wildman–Crippen LogP) is 6.98. The van der Waals surface area contributed by atoms with Crippen LogP contribution >= 0.6 is 0 Å². The summed E-state index contributed by atoms with van der Waals surface area (Å²) in [6.07, 6.45) is -12.8. The largest absolute Gasteiger partial charge is 0.417 e. The standard InChI is InChI=1S/C17H10F10/c1-14(18)7-3-2-4-9(8-14)12-10(15(19,20)21)5-6-11(16(22,23)24)13(12)17(25,26)27/h2-8H,1H3. The molecule has 0 amide bonds. The molecule has 0 nitrogen and oxygen atoms in total. The lowest BCUT2D eigenvalue weighted by Gasteiger charge is -2.24. The Morgan fingerprint density at radius 3 is 1.74 bits per heavy atom. The van der Waals surface area contributed by atoms with Gasteiger partial charge in [0.25, 0.3) is 0 Å². The summed E-state index contributed by atoms with van der Waals surface area (Å²) >= 11 is 0. The highest BCUT2D eigenvalue weighted by Crippen LogP contribution is 2.48. The molecule has 0 heterocycles. The van der Waals surface area contributed by atoms with Gasteiger partial charge in [0.15, 0.2) is 0 Å². The minimum Gasteiger partial charge on any atom is -0.235 e. The normalized spacial score (nSPS) is 21.2. The zero-order valence-electron chi connectivity index (χ0n) is 13.3. The van der Waals surface area contributed by atoms with Gasteiger partial charge >= 0.3 is 18.5 Å². The minimum absolute atomic E-state index is 0.0873. The Morgan fingerprint density at radius 1 is 0.741 bits per heavy atom. The monoisotopic (exact) mass is 404 g/mol. The molecule has 1 atom stereocenters. The molecule has 0 N–H and O–H groups in total. The summed E-state index contributed by atoms with van der Waals surface area (Å²) in [5, 5.41) is 0. The number of hydrogen-bond acceptors (Lipinski definition) is 0. The molecule has 148 valence electrons. The van der Waals surface area contributed by atoms with Crippen molar-refractivity contribution in [2.45, 2.75) is 31.1 Å². The van der Waals surface area contributed by atoms with E-state index in [0.717, 1.165) is 25.2 Å².